The van der Waals surface area contributed by atoms with Gasteiger partial charge in [-0.05, 0) is 22.8 Å². The summed E-state index contributed by atoms with van der Waals surface area (Å²) in [6.07, 6.45) is 0. The van der Waals surface area contributed by atoms with Crippen molar-refractivity contribution >= 4 is 21.8 Å². The third-order valence-corrected chi connectivity index (χ3v) is 3.66. The van der Waals surface area contributed by atoms with Gasteiger partial charge in [-0.1, -0.05) is 64.5 Å². The maximum atomic E-state index is 11.7. The number of carbonyl (C=O) groups is 1. The fourth-order valence-corrected chi connectivity index (χ4v) is 2.19. The Morgan fingerprint density at radius 1 is 1.11 bits per heavy atom. The molecule has 0 fully saturated rings. The highest BCUT2D eigenvalue weighted by Gasteiger charge is 2.17. The van der Waals surface area contributed by atoms with Crippen molar-refractivity contribution in [2.75, 3.05) is 7.11 Å². The van der Waals surface area contributed by atoms with E-state index in [2.05, 4.69) is 26.2 Å². The average molecular weight is 320 g/mol. The summed E-state index contributed by atoms with van der Waals surface area (Å²) in [6, 6.07) is 17.9. The lowest BCUT2D eigenvalue weighted by molar-refractivity contribution is -0.130. The zero-order valence-electron chi connectivity index (χ0n) is 10.5. The minimum atomic E-state index is -0.434. The molecule has 0 saturated carbocycles. The molecule has 2 aromatic rings. The van der Waals surface area contributed by atoms with E-state index in [4.69, 9.17) is 0 Å². The van der Waals surface area contributed by atoms with Crippen molar-refractivity contribution < 1.29 is 9.63 Å². The van der Waals surface area contributed by atoms with Crippen LogP contribution in [-0.4, -0.2) is 13.0 Å². The van der Waals surface area contributed by atoms with Crippen LogP contribution in [0.1, 0.15) is 10.4 Å². The first-order valence-corrected chi connectivity index (χ1v) is 6.76. The molecule has 0 aromatic heterocycles. The maximum absolute atomic E-state index is 11.7. The zero-order chi connectivity index (χ0) is 13.7. The smallest absolute Gasteiger partial charge is 0.261 e. The number of amides is 1. The highest BCUT2D eigenvalue weighted by atomic mass is 79.9. The van der Waals surface area contributed by atoms with Crippen molar-refractivity contribution in [1.29, 1.82) is 0 Å². The summed E-state index contributed by atoms with van der Waals surface area (Å²) in [7, 11) is 1.41. The monoisotopic (exact) mass is 319 g/mol. The molecule has 1 unspecified atom stereocenters. The second-order valence-corrected chi connectivity index (χ2v) is 4.94. The van der Waals surface area contributed by atoms with Gasteiger partial charge in [0.25, 0.3) is 5.91 Å². The zero-order valence-corrected chi connectivity index (χ0v) is 12.1. The minimum absolute atomic E-state index is 0.229. The first-order valence-electron chi connectivity index (χ1n) is 5.84. The summed E-state index contributed by atoms with van der Waals surface area (Å²) < 4.78 is 0. The van der Waals surface area contributed by atoms with Gasteiger partial charge in [-0.3, -0.25) is 9.63 Å². The molecule has 2 aromatic carbocycles. The van der Waals surface area contributed by atoms with Gasteiger partial charge >= 0.3 is 0 Å². The predicted octanol–water partition coefficient (Wildman–Crippen LogP) is 3.47. The molecular weight excluding hydrogens is 306 g/mol. The summed E-state index contributed by atoms with van der Waals surface area (Å²) in [5.74, 6) is -0.229. The summed E-state index contributed by atoms with van der Waals surface area (Å²) in [5.41, 5.74) is 5.40. The summed E-state index contributed by atoms with van der Waals surface area (Å²) in [5, 5.41) is 0. The van der Waals surface area contributed by atoms with Crippen LogP contribution < -0.4 is 5.48 Å². The Morgan fingerprint density at radius 2 is 1.79 bits per heavy atom. The SMILES string of the molecule is CONC(=O)C(Br)c1cccc(-c2ccccc2)c1. The van der Waals surface area contributed by atoms with Crippen LogP contribution >= 0.6 is 15.9 Å². The van der Waals surface area contributed by atoms with Gasteiger partial charge in [-0.15, -0.1) is 0 Å². The number of hydroxylamine groups is 1. The molecule has 2 rings (SSSR count). The van der Waals surface area contributed by atoms with Crippen LogP contribution in [0.2, 0.25) is 0 Å². The molecule has 0 saturated heterocycles. The number of nitrogens with one attached hydrogen (secondary N) is 1. The van der Waals surface area contributed by atoms with E-state index in [0.717, 1.165) is 16.7 Å². The Morgan fingerprint density at radius 3 is 2.47 bits per heavy atom. The molecule has 19 heavy (non-hydrogen) atoms. The number of alkyl halides is 1. The van der Waals surface area contributed by atoms with E-state index in [1.165, 1.54) is 7.11 Å². The van der Waals surface area contributed by atoms with Crippen molar-refractivity contribution in [3.05, 3.63) is 60.2 Å². The first kappa shape index (κ1) is 13.8. The van der Waals surface area contributed by atoms with Gasteiger partial charge in [0.05, 0.1) is 7.11 Å². The Balaban J connectivity index is 2.27. The average Bonchev–Trinajstić information content (AvgIpc) is 2.48. The van der Waals surface area contributed by atoms with Crippen LogP contribution in [0.3, 0.4) is 0 Å². The summed E-state index contributed by atoms with van der Waals surface area (Å²) >= 11 is 3.37. The van der Waals surface area contributed by atoms with Crippen molar-refractivity contribution in [3.63, 3.8) is 0 Å². The van der Waals surface area contributed by atoms with E-state index in [0.29, 0.717) is 0 Å². The van der Waals surface area contributed by atoms with E-state index < -0.39 is 4.83 Å². The number of benzene rings is 2. The fraction of sp³-hybridized carbons (Fsp3) is 0.133. The molecule has 0 aliphatic heterocycles. The van der Waals surface area contributed by atoms with Gasteiger partial charge < -0.3 is 0 Å². The number of hydrogen-bond donors (Lipinski definition) is 1. The molecule has 0 spiro atoms. The number of hydrogen-bond acceptors (Lipinski definition) is 2. The van der Waals surface area contributed by atoms with Crippen LogP contribution in [0.4, 0.5) is 0 Å². The lowest BCUT2D eigenvalue weighted by atomic mass is 10.0. The van der Waals surface area contributed by atoms with Crippen LogP contribution in [0.15, 0.2) is 54.6 Å². The van der Waals surface area contributed by atoms with Crippen LogP contribution in [0.5, 0.6) is 0 Å². The van der Waals surface area contributed by atoms with Crippen molar-refractivity contribution in [2.45, 2.75) is 4.83 Å². The van der Waals surface area contributed by atoms with E-state index in [1.807, 2.05) is 54.6 Å². The van der Waals surface area contributed by atoms with Gasteiger partial charge in [0, 0.05) is 0 Å². The normalized spacial score (nSPS) is 11.9. The maximum Gasteiger partial charge on any atom is 0.261 e. The fourth-order valence-electron chi connectivity index (χ4n) is 1.81. The number of halogens is 1. The number of carbonyl (C=O) groups excluding carboxylic acids is 1. The quantitative estimate of drug-likeness (QED) is 0.692. The van der Waals surface area contributed by atoms with Gasteiger partial charge in [-0.2, -0.15) is 0 Å². The lowest BCUT2D eigenvalue weighted by Crippen LogP contribution is -2.25. The van der Waals surface area contributed by atoms with Crippen molar-refractivity contribution in [3.8, 4) is 11.1 Å². The standard InChI is InChI=1S/C15H14BrNO2/c1-19-17-15(18)14(16)13-9-5-8-12(10-13)11-6-3-2-4-7-11/h2-10,14H,1H3,(H,17,18). The van der Waals surface area contributed by atoms with Crippen LogP contribution in [-0.2, 0) is 9.63 Å². The van der Waals surface area contributed by atoms with Crippen molar-refractivity contribution in [2.24, 2.45) is 0 Å². The van der Waals surface area contributed by atoms with E-state index in [1.54, 1.807) is 0 Å². The Kier molecular flexibility index (Phi) is 4.71. The van der Waals surface area contributed by atoms with E-state index >= 15 is 0 Å². The van der Waals surface area contributed by atoms with Gasteiger partial charge in [0.1, 0.15) is 4.83 Å². The summed E-state index contributed by atoms with van der Waals surface area (Å²) in [6.45, 7) is 0. The third-order valence-electron chi connectivity index (χ3n) is 2.72. The lowest BCUT2D eigenvalue weighted by Gasteiger charge is -2.11. The Labute approximate surface area is 120 Å². The second-order valence-electron chi connectivity index (χ2n) is 4.02. The number of rotatable bonds is 4. The molecule has 0 heterocycles. The highest BCUT2D eigenvalue weighted by Crippen LogP contribution is 2.27. The molecule has 4 heteroatoms. The molecule has 0 aliphatic rings. The molecule has 0 aliphatic carbocycles. The minimum Gasteiger partial charge on any atom is -0.277 e. The van der Waals surface area contributed by atoms with Crippen molar-refractivity contribution in [1.82, 2.24) is 5.48 Å². The van der Waals surface area contributed by atoms with Gasteiger partial charge in [-0.25, -0.2) is 5.48 Å². The van der Waals surface area contributed by atoms with Gasteiger partial charge in [0.15, 0.2) is 0 Å². The first-order chi connectivity index (χ1) is 9.22. The van der Waals surface area contributed by atoms with E-state index in [9.17, 15) is 4.79 Å². The Hall–Kier alpha value is -1.65. The molecule has 1 N–H and O–H groups in total. The van der Waals surface area contributed by atoms with Crippen LogP contribution in [0, 0.1) is 0 Å². The topological polar surface area (TPSA) is 38.3 Å². The largest absolute Gasteiger partial charge is 0.277 e. The second kappa shape index (κ2) is 6.50. The molecule has 1 amide bonds. The molecule has 0 bridgehead atoms. The highest BCUT2D eigenvalue weighted by molar-refractivity contribution is 9.09. The molecule has 1 atom stereocenters. The predicted molar refractivity (Wildman–Crippen MR) is 78.7 cm³/mol. The van der Waals surface area contributed by atoms with Gasteiger partial charge in [0.2, 0.25) is 0 Å². The molecular formula is C15H14BrNO2. The molecule has 98 valence electrons. The summed E-state index contributed by atoms with van der Waals surface area (Å²) in [4.78, 5) is 15.9. The molecule has 3 nitrogen and oxygen atoms in total. The Bertz CT molecular complexity index is 557. The molecule has 0 radical (unpaired) electrons. The third kappa shape index (κ3) is 3.43. The van der Waals surface area contributed by atoms with Crippen LogP contribution in [0.25, 0.3) is 11.1 Å². The van der Waals surface area contributed by atoms with E-state index in [-0.39, 0.29) is 5.91 Å².